The van der Waals surface area contributed by atoms with Gasteiger partial charge >= 0.3 is 11.9 Å². The molecule has 2 atom stereocenters. The van der Waals surface area contributed by atoms with E-state index in [1.54, 1.807) is 0 Å². The Morgan fingerprint density at radius 2 is 1.65 bits per heavy atom. The molecule has 0 aliphatic heterocycles. The second kappa shape index (κ2) is 6.43. The molecule has 0 heterocycles. The SMILES string of the molecule is NC(=O)CC(N)C(=O)NC(CC(=O)O)C(=O)O. The van der Waals surface area contributed by atoms with Gasteiger partial charge in [0.1, 0.15) is 6.04 Å². The van der Waals surface area contributed by atoms with Crippen LogP contribution in [0.4, 0.5) is 0 Å². The zero-order valence-electron chi connectivity index (χ0n) is 8.75. The molecule has 96 valence electrons. The van der Waals surface area contributed by atoms with Crippen LogP contribution in [0.5, 0.6) is 0 Å². The van der Waals surface area contributed by atoms with Crippen LogP contribution in [-0.2, 0) is 19.2 Å². The summed E-state index contributed by atoms with van der Waals surface area (Å²) in [5.41, 5.74) is 10.0. The summed E-state index contributed by atoms with van der Waals surface area (Å²) in [5.74, 6) is -4.66. The Morgan fingerprint density at radius 3 is 2.00 bits per heavy atom. The van der Waals surface area contributed by atoms with E-state index in [0.717, 1.165) is 0 Å². The maximum Gasteiger partial charge on any atom is 0.326 e. The third kappa shape index (κ3) is 6.10. The molecule has 7 N–H and O–H groups in total. The first-order chi connectivity index (χ1) is 7.73. The Hall–Kier alpha value is -2.16. The minimum Gasteiger partial charge on any atom is -0.481 e. The van der Waals surface area contributed by atoms with E-state index in [4.69, 9.17) is 21.7 Å². The molecule has 0 saturated carbocycles. The van der Waals surface area contributed by atoms with Gasteiger partial charge in [-0.15, -0.1) is 0 Å². The lowest BCUT2D eigenvalue weighted by Crippen LogP contribution is -2.50. The molecule has 0 saturated heterocycles. The predicted molar refractivity (Wildman–Crippen MR) is 53.6 cm³/mol. The van der Waals surface area contributed by atoms with Crippen molar-refractivity contribution >= 4 is 23.8 Å². The van der Waals surface area contributed by atoms with E-state index in [2.05, 4.69) is 0 Å². The first-order valence-corrected chi connectivity index (χ1v) is 4.53. The standard InChI is InChI=1S/C8H13N3O6/c9-3(1-5(10)12)7(15)11-4(8(16)17)2-6(13)14/h3-4H,1-2,9H2,(H2,10,12)(H,11,15)(H,13,14)(H,16,17). The Labute approximate surface area is 95.8 Å². The van der Waals surface area contributed by atoms with Gasteiger partial charge in [-0.3, -0.25) is 14.4 Å². The third-order valence-corrected chi connectivity index (χ3v) is 1.75. The number of nitrogens with two attached hydrogens (primary N) is 2. The average molecular weight is 247 g/mol. The van der Waals surface area contributed by atoms with Gasteiger partial charge in [0.15, 0.2) is 0 Å². The second-order valence-electron chi connectivity index (χ2n) is 3.27. The molecule has 0 radical (unpaired) electrons. The highest BCUT2D eigenvalue weighted by molar-refractivity contribution is 5.91. The summed E-state index contributed by atoms with van der Waals surface area (Å²) >= 11 is 0. The number of primary amides is 1. The lowest BCUT2D eigenvalue weighted by molar-refractivity contribution is -0.147. The number of carboxylic acids is 2. The predicted octanol–water partition coefficient (Wildman–Crippen LogP) is -2.77. The van der Waals surface area contributed by atoms with Crippen molar-refractivity contribution in [3.05, 3.63) is 0 Å². The zero-order valence-corrected chi connectivity index (χ0v) is 8.75. The minimum absolute atomic E-state index is 0.453. The van der Waals surface area contributed by atoms with Crippen molar-refractivity contribution in [2.24, 2.45) is 11.5 Å². The molecule has 0 fully saturated rings. The lowest BCUT2D eigenvalue weighted by atomic mass is 10.1. The molecular weight excluding hydrogens is 234 g/mol. The zero-order chi connectivity index (χ0) is 13.6. The van der Waals surface area contributed by atoms with Gasteiger partial charge < -0.3 is 27.0 Å². The van der Waals surface area contributed by atoms with Crippen LogP contribution in [0.25, 0.3) is 0 Å². The van der Waals surface area contributed by atoms with Crippen LogP contribution in [0.1, 0.15) is 12.8 Å². The van der Waals surface area contributed by atoms with Gasteiger partial charge in [-0.25, -0.2) is 4.79 Å². The summed E-state index contributed by atoms with van der Waals surface area (Å²) in [5, 5.41) is 18.9. The molecule has 0 aliphatic rings. The number of nitrogens with one attached hydrogen (secondary N) is 1. The van der Waals surface area contributed by atoms with Crippen molar-refractivity contribution in [3.8, 4) is 0 Å². The Bertz CT molecular complexity index is 342. The minimum atomic E-state index is -1.60. The fraction of sp³-hybridized carbons (Fsp3) is 0.500. The molecule has 0 spiro atoms. The summed E-state index contributed by atoms with van der Waals surface area (Å²) in [6, 6.07) is -2.90. The Kier molecular flexibility index (Phi) is 5.61. The number of carboxylic acid groups (broad SMARTS) is 2. The largest absolute Gasteiger partial charge is 0.481 e. The van der Waals surface area contributed by atoms with Crippen molar-refractivity contribution in [2.75, 3.05) is 0 Å². The van der Waals surface area contributed by atoms with Gasteiger partial charge in [-0.1, -0.05) is 0 Å². The lowest BCUT2D eigenvalue weighted by Gasteiger charge is -2.15. The van der Waals surface area contributed by atoms with E-state index in [0.29, 0.717) is 0 Å². The molecule has 17 heavy (non-hydrogen) atoms. The number of hydrogen-bond acceptors (Lipinski definition) is 5. The van der Waals surface area contributed by atoms with Crippen molar-refractivity contribution in [2.45, 2.75) is 24.9 Å². The molecule has 0 bridgehead atoms. The van der Waals surface area contributed by atoms with Crippen LogP contribution in [0.3, 0.4) is 0 Å². The molecule has 0 aromatic rings. The third-order valence-electron chi connectivity index (χ3n) is 1.75. The number of carbonyl (C=O) groups excluding carboxylic acids is 2. The van der Waals surface area contributed by atoms with Gasteiger partial charge in [0, 0.05) is 0 Å². The van der Waals surface area contributed by atoms with Gasteiger partial charge in [-0.2, -0.15) is 0 Å². The first-order valence-electron chi connectivity index (χ1n) is 4.53. The highest BCUT2D eigenvalue weighted by Crippen LogP contribution is 1.95. The number of hydrogen-bond donors (Lipinski definition) is 5. The smallest absolute Gasteiger partial charge is 0.326 e. The van der Waals surface area contributed by atoms with E-state index in [-0.39, 0.29) is 0 Å². The van der Waals surface area contributed by atoms with Crippen molar-refractivity contribution in [1.29, 1.82) is 0 Å². The number of amides is 2. The second-order valence-corrected chi connectivity index (χ2v) is 3.27. The molecule has 0 aliphatic carbocycles. The molecule has 2 unspecified atom stereocenters. The van der Waals surface area contributed by atoms with Crippen molar-refractivity contribution in [1.82, 2.24) is 5.32 Å². The number of carbonyl (C=O) groups is 4. The number of rotatable bonds is 7. The maximum absolute atomic E-state index is 11.3. The fourth-order valence-corrected chi connectivity index (χ4v) is 0.963. The van der Waals surface area contributed by atoms with Gasteiger partial charge in [0.2, 0.25) is 11.8 Å². The molecule has 2 amide bonds. The average Bonchev–Trinajstić information content (AvgIpc) is 2.14. The molecular formula is C8H13N3O6. The highest BCUT2D eigenvalue weighted by atomic mass is 16.4. The summed E-state index contributed by atoms with van der Waals surface area (Å²) in [4.78, 5) is 42.7. The van der Waals surface area contributed by atoms with E-state index < -0.39 is 48.7 Å². The molecule has 0 aromatic heterocycles. The summed E-state index contributed by atoms with van der Waals surface area (Å²) in [7, 11) is 0. The highest BCUT2D eigenvalue weighted by Gasteiger charge is 2.26. The topological polar surface area (TPSA) is 173 Å². The molecule has 0 aromatic carbocycles. The van der Waals surface area contributed by atoms with E-state index >= 15 is 0 Å². The van der Waals surface area contributed by atoms with Crippen molar-refractivity contribution < 1.29 is 29.4 Å². The quantitative estimate of drug-likeness (QED) is 0.323. The summed E-state index contributed by atoms with van der Waals surface area (Å²) in [6.45, 7) is 0. The van der Waals surface area contributed by atoms with Crippen LogP contribution in [0.2, 0.25) is 0 Å². The van der Waals surface area contributed by atoms with Crippen LogP contribution < -0.4 is 16.8 Å². The van der Waals surface area contributed by atoms with Crippen LogP contribution >= 0.6 is 0 Å². The molecule has 9 heteroatoms. The first kappa shape index (κ1) is 14.8. The van der Waals surface area contributed by atoms with Crippen molar-refractivity contribution in [3.63, 3.8) is 0 Å². The normalized spacial score (nSPS) is 13.5. The van der Waals surface area contributed by atoms with Gasteiger partial charge in [-0.05, 0) is 0 Å². The monoisotopic (exact) mass is 247 g/mol. The Morgan fingerprint density at radius 1 is 1.12 bits per heavy atom. The summed E-state index contributed by atoms with van der Waals surface area (Å²) < 4.78 is 0. The Balaban J connectivity index is 4.44. The van der Waals surface area contributed by atoms with Crippen LogP contribution in [0, 0.1) is 0 Å². The van der Waals surface area contributed by atoms with Gasteiger partial charge in [0.25, 0.3) is 0 Å². The van der Waals surface area contributed by atoms with Crippen LogP contribution in [0.15, 0.2) is 0 Å². The summed E-state index contributed by atoms with van der Waals surface area (Å²) in [6.07, 6.45) is -1.24. The fourth-order valence-electron chi connectivity index (χ4n) is 0.963. The van der Waals surface area contributed by atoms with Gasteiger partial charge in [0.05, 0.1) is 18.9 Å². The molecule has 9 nitrogen and oxygen atoms in total. The van der Waals surface area contributed by atoms with E-state index in [9.17, 15) is 19.2 Å². The molecule has 0 rings (SSSR count). The van der Waals surface area contributed by atoms with E-state index in [1.807, 2.05) is 5.32 Å². The number of aliphatic carboxylic acids is 2. The van der Waals surface area contributed by atoms with Crippen LogP contribution in [-0.4, -0.2) is 46.0 Å². The van der Waals surface area contributed by atoms with E-state index in [1.165, 1.54) is 0 Å². The maximum atomic E-state index is 11.3.